The van der Waals surface area contributed by atoms with Gasteiger partial charge in [0.15, 0.2) is 0 Å². The summed E-state index contributed by atoms with van der Waals surface area (Å²) in [5.74, 6) is 0. The zero-order valence-corrected chi connectivity index (χ0v) is 12.0. The molecule has 2 heterocycles. The van der Waals surface area contributed by atoms with E-state index in [0.717, 1.165) is 5.69 Å². The molecule has 0 bridgehead atoms. The summed E-state index contributed by atoms with van der Waals surface area (Å²) < 4.78 is 2.10. The maximum absolute atomic E-state index is 4.69. The number of benzene rings is 2. The third-order valence-electron chi connectivity index (χ3n) is 3.90. The van der Waals surface area contributed by atoms with E-state index in [4.69, 9.17) is 4.98 Å². The molecule has 0 saturated heterocycles. The Bertz CT molecular complexity index is 878. The van der Waals surface area contributed by atoms with Crippen LogP contribution in [0.2, 0.25) is 0 Å². The van der Waals surface area contributed by atoms with Crippen LogP contribution in [-0.4, -0.2) is 14.5 Å². The van der Waals surface area contributed by atoms with Crippen LogP contribution >= 0.6 is 0 Å². The van der Waals surface area contributed by atoms with Crippen LogP contribution in [0.3, 0.4) is 0 Å². The molecule has 0 saturated carbocycles. The van der Waals surface area contributed by atoms with Gasteiger partial charge in [-0.15, -0.1) is 0 Å². The third-order valence-corrected chi connectivity index (χ3v) is 3.90. The molecule has 0 aliphatic rings. The molecule has 0 fully saturated rings. The van der Waals surface area contributed by atoms with Crippen LogP contribution in [0.25, 0.3) is 10.8 Å². The SMILES string of the molecule is c1ccc(C(c2nccc3ccccc23)n2ccnc2)cc1. The summed E-state index contributed by atoms with van der Waals surface area (Å²) >= 11 is 0. The van der Waals surface area contributed by atoms with Gasteiger partial charge in [-0.05, 0) is 17.0 Å². The average molecular weight is 285 g/mol. The van der Waals surface area contributed by atoms with Gasteiger partial charge in [-0.3, -0.25) is 4.98 Å². The van der Waals surface area contributed by atoms with Crippen LogP contribution < -0.4 is 0 Å². The van der Waals surface area contributed by atoms with Crippen molar-refractivity contribution in [1.29, 1.82) is 0 Å². The quantitative estimate of drug-likeness (QED) is 0.568. The Kier molecular flexibility index (Phi) is 3.16. The number of fused-ring (bicyclic) bond motifs is 1. The predicted molar refractivity (Wildman–Crippen MR) is 87.7 cm³/mol. The molecule has 1 atom stereocenters. The Balaban J connectivity index is 1.98. The van der Waals surface area contributed by atoms with Gasteiger partial charge >= 0.3 is 0 Å². The van der Waals surface area contributed by atoms with Crippen LogP contribution in [0.5, 0.6) is 0 Å². The van der Waals surface area contributed by atoms with Gasteiger partial charge < -0.3 is 4.57 Å². The highest BCUT2D eigenvalue weighted by Crippen LogP contribution is 2.30. The molecule has 1 unspecified atom stereocenters. The van der Waals surface area contributed by atoms with Crippen molar-refractivity contribution < 1.29 is 0 Å². The van der Waals surface area contributed by atoms with E-state index >= 15 is 0 Å². The van der Waals surface area contributed by atoms with Gasteiger partial charge in [0, 0.05) is 24.0 Å². The Hall–Kier alpha value is -2.94. The van der Waals surface area contributed by atoms with Crippen LogP contribution in [0.4, 0.5) is 0 Å². The summed E-state index contributed by atoms with van der Waals surface area (Å²) in [7, 11) is 0. The Morgan fingerprint density at radius 2 is 1.64 bits per heavy atom. The van der Waals surface area contributed by atoms with E-state index in [1.807, 2.05) is 24.8 Å². The fourth-order valence-corrected chi connectivity index (χ4v) is 2.89. The van der Waals surface area contributed by atoms with Crippen molar-refractivity contribution in [3.05, 3.63) is 96.8 Å². The highest BCUT2D eigenvalue weighted by Gasteiger charge is 2.19. The van der Waals surface area contributed by atoms with Crippen LogP contribution in [-0.2, 0) is 0 Å². The molecule has 0 N–H and O–H groups in total. The summed E-state index contributed by atoms with van der Waals surface area (Å²) in [5, 5.41) is 2.38. The van der Waals surface area contributed by atoms with E-state index in [1.165, 1.54) is 16.3 Å². The fraction of sp³-hybridized carbons (Fsp3) is 0.0526. The minimum absolute atomic E-state index is 0.0230. The first kappa shape index (κ1) is 12.8. The van der Waals surface area contributed by atoms with E-state index in [2.05, 4.69) is 64.1 Å². The number of hydrogen-bond donors (Lipinski definition) is 0. The second-order valence-electron chi connectivity index (χ2n) is 5.24. The highest BCUT2D eigenvalue weighted by molar-refractivity contribution is 5.85. The lowest BCUT2D eigenvalue weighted by Crippen LogP contribution is -2.12. The average Bonchev–Trinajstić information content (AvgIpc) is 3.11. The van der Waals surface area contributed by atoms with E-state index < -0.39 is 0 Å². The molecule has 0 aliphatic carbocycles. The summed E-state index contributed by atoms with van der Waals surface area (Å²) in [4.78, 5) is 8.90. The summed E-state index contributed by atoms with van der Waals surface area (Å²) in [6, 6.07) is 20.9. The van der Waals surface area contributed by atoms with Crippen molar-refractivity contribution in [2.45, 2.75) is 6.04 Å². The first-order valence-corrected chi connectivity index (χ1v) is 7.29. The molecule has 0 spiro atoms. The van der Waals surface area contributed by atoms with Gasteiger partial charge in [0.05, 0.1) is 12.0 Å². The van der Waals surface area contributed by atoms with E-state index in [0.29, 0.717) is 0 Å². The van der Waals surface area contributed by atoms with Crippen LogP contribution in [0.1, 0.15) is 17.3 Å². The smallest absolute Gasteiger partial charge is 0.102 e. The second kappa shape index (κ2) is 5.45. The first-order chi connectivity index (χ1) is 10.9. The summed E-state index contributed by atoms with van der Waals surface area (Å²) in [6.07, 6.45) is 7.52. The minimum atomic E-state index is 0.0230. The van der Waals surface area contributed by atoms with Gasteiger partial charge in [-0.25, -0.2) is 4.98 Å². The van der Waals surface area contributed by atoms with Crippen LogP contribution in [0, 0.1) is 0 Å². The number of hydrogen-bond acceptors (Lipinski definition) is 2. The number of aromatic nitrogens is 3. The van der Waals surface area contributed by atoms with Crippen molar-refractivity contribution in [1.82, 2.24) is 14.5 Å². The summed E-state index contributed by atoms with van der Waals surface area (Å²) in [6.45, 7) is 0. The highest BCUT2D eigenvalue weighted by atomic mass is 15.1. The van der Waals surface area contributed by atoms with Gasteiger partial charge in [0.2, 0.25) is 0 Å². The van der Waals surface area contributed by atoms with E-state index in [9.17, 15) is 0 Å². The number of rotatable bonds is 3. The molecule has 0 aliphatic heterocycles. The molecule has 2 aromatic heterocycles. The Labute approximate surface area is 128 Å². The van der Waals surface area contributed by atoms with Crippen molar-refractivity contribution >= 4 is 10.8 Å². The van der Waals surface area contributed by atoms with Gasteiger partial charge in [0.1, 0.15) is 6.04 Å². The molecule has 4 rings (SSSR count). The van der Waals surface area contributed by atoms with Crippen molar-refractivity contribution in [2.75, 3.05) is 0 Å². The maximum atomic E-state index is 4.69. The van der Waals surface area contributed by atoms with Gasteiger partial charge in [-0.2, -0.15) is 0 Å². The Morgan fingerprint density at radius 1 is 0.818 bits per heavy atom. The number of pyridine rings is 1. The molecule has 106 valence electrons. The largest absolute Gasteiger partial charge is 0.324 e. The number of nitrogens with zero attached hydrogens (tertiary/aromatic N) is 3. The molecule has 0 radical (unpaired) electrons. The predicted octanol–water partition coefficient (Wildman–Crippen LogP) is 4.07. The molecule has 0 amide bonds. The fourth-order valence-electron chi connectivity index (χ4n) is 2.89. The van der Waals surface area contributed by atoms with Crippen molar-refractivity contribution in [3.63, 3.8) is 0 Å². The Morgan fingerprint density at radius 3 is 2.45 bits per heavy atom. The lowest BCUT2D eigenvalue weighted by atomic mass is 9.98. The lowest BCUT2D eigenvalue weighted by Gasteiger charge is -2.20. The standard InChI is InChI=1S/C19H15N3/c1-2-7-16(8-3-1)19(22-13-12-20-14-22)18-17-9-5-4-6-15(17)10-11-21-18/h1-14,19H. The van der Waals surface area contributed by atoms with Crippen molar-refractivity contribution in [3.8, 4) is 0 Å². The third kappa shape index (κ3) is 2.17. The van der Waals surface area contributed by atoms with E-state index in [-0.39, 0.29) is 6.04 Å². The molecule has 3 heteroatoms. The van der Waals surface area contributed by atoms with Crippen molar-refractivity contribution in [2.24, 2.45) is 0 Å². The normalized spacial score (nSPS) is 12.4. The monoisotopic (exact) mass is 285 g/mol. The number of imidazole rings is 1. The first-order valence-electron chi connectivity index (χ1n) is 7.29. The zero-order valence-electron chi connectivity index (χ0n) is 12.0. The van der Waals surface area contributed by atoms with Gasteiger partial charge in [-0.1, -0.05) is 54.6 Å². The second-order valence-corrected chi connectivity index (χ2v) is 5.24. The molecular weight excluding hydrogens is 270 g/mol. The van der Waals surface area contributed by atoms with Crippen LogP contribution in [0.15, 0.2) is 85.6 Å². The molecule has 22 heavy (non-hydrogen) atoms. The molecular formula is C19H15N3. The molecule has 4 aromatic rings. The van der Waals surface area contributed by atoms with E-state index in [1.54, 1.807) is 6.20 Å². The minimum Gasteiger partial charge on any atom is -0.324 e. The topological polar surface area (TPSA) is 30.7 Å². The lowest BCUT2D eigenvalue weighted by molar-refractivity contribution is 0.663. The molecule has 3 nitrogen and oxygen atoms in total. The zero-order chi connectivity index (χ0) is 14.8. The van der Waals surface area contributed by atoms with Gasteiger partial charge in [0.25, 0.3) is 0 Å². The summed E-state index contributed by atoms with van der Waals surface area (Å²) in [5.41, 5.74) is 2.24. The maximum Gasteiger partial charge on any atom is 0.102 e. The molecule has 2 aromatic carbocycles.